The van der Waals surface area contributed by atoms with Gasteiger partial charge in [-0.15, -0.1) is 0 Å². The molecule has 0 fully saturated rings. The molecule has 28 heavy (non-hydrogen) atoms. The van der Waals surface area contributed by atoms with E-state index < -0.39 is 4.32 Å². The van der Waals surface area contributed by atoms with Crippen molar-refractivity contribution in [1.29, 1.82) is 0 Å². The molecule has 3 aromatic rings. The molecule has 0 heterocycles. The Bertz CT molecular complexity index is 1100. The van der Waals surface area contributed by atoms with Crippen molar-refractivity contribution in [3.63, 3.8) is 0 Å². The zero-order valence-corrected chi connectivity index (χ0v) is 17.0. The minimum atomic E-state index is -1.56. The Morgan fingerprint density at radius 2 is 1.32 bits per heavy atom. The number of carbonyl (C=O) groups is 2. The van der Waals surface area contributed by atoms with Gasteiger partial charge in [0.2, 0.25) is 0 Å². The topological polar surface area (TPSA) is 52.6 Å². The number of hydrogen-bond donors (Lipinski definition) is 0. The third kappa shape index (κ3) is 2.23. The molecular formula is C23H17BrO4. The van der Waals surface area contributed by atoms with Crippen molar-refractivity contribution in [2.24, 2.45) is 0 Å². The van der Waals surface area contributed by atoms with Crippen LogP contribution in [0.3, 0.4) is 0 Å². The van der Waals surface area contributed by atoms with Gasteiger partial charge in [0.1, 0.15) is 11.5 Å². The molecule has 4 nitrogen and oxygen atoms in total. The van der Waals surface area contributed by atoms with Crippen LogP contribution in [0.4, 0.5) is 0 Å². The van der Waals surface area contributed by atoms with E-state index in [1.165, 1.54) is 14.2 Å². The summed E-state index contributed by atoms with van der Waals surface area (Å²) in [6.45, 7) is 3.81. The van der Waals surface area contributed by atoms with Crippen molar-refractivity contribution in [3.8, 4) is 11.5 Å². The molecule has 4 rings (SSSR count). The van der Waals surface area contributed by atoms with Gasteiger partial charge in [0.05, 0.1) is 25.3 Å². The Labute approximate surface area is 170 Å². The van der Waals surface area contributed by atoms with E-state index in [-0.39, 0.29) is 22.7 Å². The highest BCUT2D eigenvalue weighted by Crippen LogP contribution is 2.53. The normalized spacial score (nSPS) is 14.8. The number of hydrogen-bond acceptors (Lipinski definition) is 4. The number of methoxy groups -OCH3 is 2. The lowest BCUT2D eigenvalue weighted by molar-refractivity contribution is 0.0870. The number of ketones is 2. The first-order chi connectivity index (χ1) is 13.5. The van der Waals surface area contributed by atoms with Crippen LogP contribution in [-0.2, 0) is 4.32 Å². The molecule has 5 heteroatoms. The van der Waals surface area contributed by atoms with Crippen LogP contribution < -0.4 is 9.47 Å². The molecule has 0 saturated heterocycles. The molecule has 1 aliphatic carbocycles. The molecule has 0 atom stereocenters. The summed E-state index contributed by atoms with van der Waals surface area (Å²) in [5, 5.41) is 1.44. The first-order valence-electron chi connectivity index (χ1n) is 8.67. The molecule has 0 saturated carbocycles. The lowest BCUT2D eigenvalue weighted by Gasteiger charge is -2.21. The third-order valence-electron chi connectivity index (χ3n) is 5.16. The van der Waals surface area contributed by atoms with E-state index in [2.05, 4.69) is 22.5 Å². The van der Waals surface area contributed by atoms with Crippen molar-refractivity contribution < 1.29 is 19.1 Å². The van der Waals surface area contributed by atoms with E-state index in [1.807, 2.05) is 36.4 Å². The Kier molecular flexibility index (Phi) is 4.35. The Hall–Kier alpha value is -2.92. The largest absolute Gasteiger partial charge is 0.495 e. The second-order valence-electron chi connectivity index (χ2n) is 6.47. The Morgan fingerprint density at radius 3 is 1.79 bits per heavy atom. The van der Waals surface area contributed by atoms with Crippen LogP contribution in [0, 0.1) is 0 Å². The molecule has 3 aromatic carbocycles. The first kappa shape index (κ1) is 18.4. The van der Waals surface area contributed by atoms with Gasteiger partial charge in [-0.05, 0) is 11.1 Å². The van der Waals surface area contributed by atoms with Crippen LogP contribution in [-0.4, -0.2) is 25.8 Å². The van der Waals surface area contributed by atoms with E-state index >= 15 is 0 Å². The number of carbonyl (C=O) groups excluding carboxylic acids is 2. The highest BCUT2D eigenvalue weighted by atomic mass is 79.9. The number of halogens is 1. The fourth-order valence-electron chi connectivity index (χ4n) is 3.91. The molecule has 0 bridgehead atoms. The van der Waals surface area contributed by atoms with Gasteiger partial charge >= 0.3 is 0 Å². The van der Waals surface area contributed by atoms with Gasteiger partial charge in [-0.3, -0.25) is 9.59 Å². The van der Waals surface area contributed by atoms with Gasteiger partial charge in [0.15, 0.2) is 15.9 Å². The second kappa shape index (κ2) is 6.60. The maximum Gasteiger partial charge on any atom is 0.196 e. The molecule has 0 spiro atoms. The Balaban J connectivity index is 2.13. The summed E-state index contributed by atoms with van der Waals surface area (Å²) in [6.07, 6.45) is 1.63. The molecule has 0 aliphatic heterocycles. The van der Waals surface area contributed by atoms with Gasteiger partial charge in [-0.25, -0.2) is 0 Å². The lowest BCUT2D eigenvalue weighted by atomic mass is 9.90. The van der Waals surface area contributed by atoms with Crippen molar-refractivity contribution in [2.45, 2.75) is 4.32 Å². The van der Waals surface area contributed by atoms with Gasteiger partial charge in [0, 0.05) is 10.8 Å². The maximum atomic E-state index is 13.7. The number of Topliss-reactive ketones (excluding diaryl/α,β-unsaturated/α-hetero) is 2. The monoisotopic (exact) mass is 436 g/mol. The van der Waals surface area contributed by atoms with Crippen LogP contribution in [0.1, 0.15) is 31.8 Å². The van der Waals surface area contributed by atoms with E-state index in [4.69, 9.17) is 9.47 Å². The number of benzene rings is 3. The minimum Gasteiger partial charge on any atom is -0.495 e. The maximum absolute atomic E-state index is 13.7. The number of alkyl halides is 1. The molecule has 1 aliphatic rings. The molecule has 0 N–H and O–H groups in total. The van der Waals surface area contributed by atoms with Crippen molar-refractivity contribution >= 4 is 44.3 Å². The summed E-state index contributed by atoms with van der Waals surface area (Å²) < 4.78 is 9.65. The quantitative estimate of drug-likeness (QED) is 0.418. The van der Waals surface area contributed by atoms with Crippen LogP contribution in [0.15, 0.2) is 55.1 Å². The fraction of sp³-hybridized carbons (Fsp3) is 0.130. The van der Waals surface area contributed by atoms with Crippen LogP contribution >= 0.6 is 15.9 Å². The summed E-state index contributed by atoms with van der Waals surface area (Å²) in [4.78, 5) is 27.3. The minimum absolute atomic E-state index is 0.235. The standard InChI is InChI=1S/C23H17BrO4/c1-4-13-9-5-8-12-16(13)23(24)21(25)17-18(22(23)26)20(28-3)15-11-7-6-10-14(15)19(17)27-2/h4-12H,1H2,2-3H3. The second-order valence-corrected chi connectivity index (χ2v) is 7.66. The molecule has 140 valence electrons. The SMILES string of the molecule is C=Cc1ccccc1C1(Br)C(=O)c2c(c(OC)c3ccccc3c2OC)C1=O. The summed E-state index contributed by atoms with van der Waals surface area (Å²) in [6, 6.07) is 14.6. The van der Waals surface area contributed by atoms with E-state index in [0.717, 1.165) is 10.8 Å². The molecule has 0 radical (unpaired) electrons. The van der Waals surface area contributed by atoms with Gasteiger partial charge in [-0.2, -0.15) is 0 Å². The highest BCUT2D eigenvalue weighted by Gasteiger charge is 2.56. The van der Waals surface area contributed by atoms with Crippen LogP contribution in [0.25, 0.3) is 16.8 Å². The fourth-order valence-corrected chi connectivity index (χ4v) is 4.67. The van der Waals surface area contributed by atoms with Gasteiger partial charge < -0.3 is 9.47 Å². The number of rotatable bonds is 4. The molecular weight excluding hydrogens is 420 g/mol. The van der Waals surface area contributed by atoms with Crippen molar-refractivity contribution in [3.05, 3.63) is 77.4 Å². The smallest absolute Gasteiger partial charge is 0.196 e. The lowest BCUT2D eigenvalue weighted by Crippen LogP contribution is -2.32. The molecule has 0 amide bonds. The van der Waals surface area contributed by atoms with Crippen LogP contribution in [0.2, 0.25) is 0 Å². The summed E-state index contributed by atoms with van der Waals surface area (Å²) >= 11 is 3.50. The average molecular weight is 437 g/mol. The van der Waals surface area contributed by atoms with E-state index in [9.17, 15) is 9.59 Å². The van der Waals surface area contributed by atoms with Crippen molar-refractivity contribution in [1.82, 2.24) is 0 Å². The first-order valence-corrected chi connectivity index (χ1v) is 9.47. The highest BCUT2D eigenvalue weighted by molar-refractivity contribution is 9.10. The molecule has 0 unspecified atom stereocenters. The van der Waals surface area contributed by atoms with E-state index in [0.29, 0.717) is 22.6 Å². The third-order valence-corrected chi connectivity index (χ3v) is 6.31. The zero-order chi connectivity index (χ0) is 20.1. The summed E-state index contributed by atoms with van der Waals surface area (Å²) in [5.41, 5.74) is 1.72. The zero-order valence-electron chi connectivity index (χ0n) is 15.4. The van der Waals surface area contributed by atoms with E-state index in [1.54, 1.807) is 18.2 Å². The summed E-state index contributed by atoms with van der Waals surface area (Å²) in [7, 11) is 3.00. The van der Waals surface area contributed by atoms with Crippen molar-refractivity contribution in [2.75, 3.05) is 14.2 Å². The van der Waals surface area contributed by atoms with Gasteiger partial charge in [-0.1, -0.05) is 77.1 Å². The van der Waals surface area contributed by atoms with Gasteiger partial charge in [0.25, 0.3) is 0 Å². The predicted molar refractivity (Wildman–Crippen MR) is 113 cm³/mol. The average Bonchev–Trinajstić information content (AvgIpc) is 2.94. The van der Waals surface area contributed by atoms with Crippen LogP contribution in [0.5, 0.6) is 11.5 Å². The predicted octanol–water partition coefficient (Wildman–Crippen LogP) is 5.17. The molecule has 0 aromatic heterocycles. The number of fused-ring (bicyclic) bond motifs is 2. The number of ether oxygens (including phenoxy) is 2. The Morgan fingerprint density at radius 1 is 0.857 bits per heavy atom. The summed E-state index contributed by atoms with van der Waals surface area (Å²) in [5.74, 6) is 0.00900.